The van der Waals surface area contributed by atoms with Gasteiger partial charge >= 0.3 is 0 Å². The second kappa shape index (κ2) is 8.27. The van der Waals surface area contributed by atoms with E-state index in [-0.39, 0.29) is 17.5 Å². The summed E-state index contributed by atoms with van der Waals surface area (Å²) in [5.74, 6) is 0.333. The number of carbonyl (C=O) groups excluding carboxylic acids is 1. The Kier molecular flexibility index (Phi) is 5.57. The monoisotopic (exact) mass is 380 g/mol. The van der Waals surface area contributed by atoms with Crippen molar-refractivity contribution in [2.24, 2.45) is 0 Å². The number of piperidine rings is 1. The molecular formula is C22H28N4O2. The molecule has 1 aliphatic heterocycles. The number of nitrogens with zero attached hydrogens (tertiary/aromatic N) is 3. The number of benzene rings is 1. The quantitative estimate of drug-likeness (QED) is 0.836. The average Bonchev–Trinajstić information content (AvgIpc) is 3.55. The molecule has 1 saturated heterocycles. The number of rotatable bonds is 6. The maximum absolute atomic E-state index is 12.7. The smallest absolute Gasteiger partial charge is 0.267 e. The minimum atomic E-state index is -0.589. The molecule has 28 heavy (non-hydrogen) atoms. The lowest BCUT2D eigenvalue weighted by atomic mass is 10.0. The summed E-state index contributed by atoms with van der Waals surface area (Å²) in [7, 11) is 0. The van der Waals surface area contributed by atoms with Gasteiger partial charge in [-0.3, -0.25) is 14.5 Å². The fraction of sp³-hybridized carbons (Fsp3) is 0.500. The van der Waals surface area contributed by atoms with E-state index in [1.807, 2.05) is 6.07 Å². The first-order valence-corrected chi connectivity index (χ1v) is 10.3. The number of nitrogens with one attached hydrogen (secondary N) is 1. The van der Waals surface area contributed by atoms with E-state index in [0.29, 0.717) is 5.92 Å². The second-order valence-electron chi connectivity index (χ2n) is 8.04. The van der Waals surface area contributed by atoms with Gasteiger partial charge in [0.05, 0.1) is 5.69 Å². The molecule has 1 aliphatic carbocycles. The number of amides is 1. The Morgan fingerprint density at radius 2 is 1.82 bits per heavy atom. The number of hydrogen-bond acceptors (Lipinski definition) is 4. The maximum atomic E-state index is 12.7. The van der Waals surface area contributed by atoms with Crippen LogP contribution in [0.3, 0.4) is 0 Å². The molecule has 1 atom stereocenters. The van der Waals surface area contributed by atoms with Gasteiger partial charge < -0.3 is 5.32 Å². The fourth-order valence-corrected chi connectivity index (χ4v) is 3.82. The lowest BCUT2D eigenvalue weighted by Gasteiger charge is -2.33. The Bertz CT molecular complexity index is 868. The average molecular weight is 380 g/mol. The van der Waals surface area contributed by atoms with Gasteiger partial charge in [-0.25, -0.2) is 4.68 Å². The summed E-state index contributed by atoms with van der Waals surface area (Å²) in [6.45, 7) is 4.63. The fourth-order valence-electron chi connectivity index (χ4n) is 3.82. The van der Waals surface area contributed by atoms with Crippen LogP contribution in [0, 0.1) is 0 Å². The molecule has 1 aromatic carbocycles. The first kappa shape index (κ1) is 18.9. The minimum Gasteiger partial charge on any atom is -0.351 e. The first-order chi connectivity index (χ1) is 13.6. The predicted molar refractivity (Wildman–Crippen MR) is 108 cm³/mol. The topological polar surface area (TPSA) is 67.2 Å². The van der Waals surface area contributed by atoms with E-state index in [0.717, 1.165) is 51.0 Å². The van der Waals surface area contributed by atoms with Gasteiger partial charge in [-0.1, -0.05) is 30.3 Å². The van der Waals surface area contributed by atoms with E-state index in [1.54, 1.807) is 13.0 Å². The van der Waals surface area contributed by atoms with Gasteiger partial charge in [0.25, 0.3) is 5.56 Å². The van der Waals surface area contributed by atoms with Crippen molar-refractivity contribution in [2.75, 3.05) is 13.1 Å². The standard InChI is InChI=1S/C22H28N4O2/c1-16(26-21(27)10-9-20(24-26)18-7-8-18)22(28)23-19-11-13-25(14-12-19)15-17-5-3-2-4-6-17/h2-6,9-10,16,18-19H,7-8,11-15H2,1H3,(H,23,28). The molecule has 148 valence electrons. The van der Waals surface area contributed by atoms with E-state index in [1.165, 1.54) is 16.3 Å². The third-order valence-electron chi connectivity index (χ3n) is 5.77. The molecular weight excluding hydrogens is 352 g/mol. The van der Waals surface area contributed by atoms with E-state index in [9.17, 15) is 9.59 Å². The Hall–Kier alpha value is -2.47. The van der Waals surface area contributed by atoms with Crippen molar-refractivity contribution in [3.63, 3.8) is 0 Å². The van der Waals surface area contributed by atoms with Crippen molar-refractivity contribution in [1.82, 2.24) is 20.0 Å². The van der Waals surface area contributed by atoms with Crippen LogP contribution >= 0.6 is 0 Å². The molecule has 0 radical (unpaired) electrons. The molecule has 1 saturated carbocycles. The molecule has 2 aromatic rings. The maximum Gasteiger partial charge on any atom is 0.267 e. The van der Waals surface area contributed by atoms with Gasteiger partial charge in [0.15, 0.2) is 0 Å². The predicted octanol–water partition coefficient (Wildman–Crippen LogP) is 2.46. The summed E-state index contributed by atoms with van der Waals surface area (Å²) in [6.07, 6.45) is 4.09. The van der Waals surface area contributed by atoms with Crippen LogP contribution in [-0.2, 0) is 11.3 Å². The normalized spacial score (nSPS) is 19.3. The highest BCUT2D eigenvalue weighted by atomic mass is 16.2. The highest BCUT2D eigenvalue weighted by Gasteiger charge is 2.28. The van der Waals surface area contributed by atoms with Crippen molar-refractivity contribution in [3.05, 3.63) is 64.1 Å². The largest absolute Gasteiger partial charge is 0.351 e. The summed E-state index contributed by atoms with van der Waals surface area (Å²) >= 11 is 0. The third kappa shape index (κ3) is 4.50. The lowest BCUT2D eigenvalue weighted by Crippen LogP contribution is -2.47. The zero-order valence-corrected chi connectivity index (χ0v) is 16.4. The summed E-state index contributed by atoms with van der Waals surface area (Å²) in [5, 5.41) is 7.57. The van der Waals surface area contributed by atoms with Crippen molar-refractivity contribution in [1.29, 1.82) is 0 Å². The van der Waals surface area contributed by atoms with Gasteiger partial charge in [-0.15, -0.1) is 0 Å². The molecule has 0 bridgehead atoms. The van der Waals surface area contributed by atoms with E-state index < -0.39 is 6.04 Å². The molecule has 1 unspecified atom stereocenters. The summed E-state index contributed by atoms with van der Waals surface area (Å²) in [6, 6.07) is 13.4. The number of carbonyl (C=O) groups is 1. The summed E-state index contributed by atoms with van der Waals surface area (Å²) < 4.78 is 1.34. The van der Waals surface area contributed by atoms with E-state index in [2.05, 4.69) is 39.6 Å². The molecule has 1 aromatic heterocycles. The summed E-state index contributed by atoms with van der Waals surface area (Å²) in [4.78, 5) is 27.3. The van der Waals surface area contributed by atoms with Crippen LogP contribution in [0.15, 0.2) is 47.3 Å². The zero-order valence-electron chi connectivity index (χ0n) is 16.4. The van der Waals surface area contributed by atoms with Crippen LogP contribution in [0.4, 0.5) is 0 Å². The van der Waals surface area contributed by atoms with Crippen molar-refractivity contribution in [3.8, 4) is 0 Å². The van der Waals surface area contributed by atoms with Gasteiger partial charge in [0.2, 0.25) is 5.91 Å². The van der Waals surface area contributed by atoms with Gasteiger partial charge in [-0.2, -0.15) is 5.10 Å². The van der Waals surface area contributed by atoms with Crippen molar-refractivity contribution >= 4 is 5.91 Å². The van der Waals surface area contributed by atoms with Crippen LogP contribution in [0.1, 0.15) is 55.8 Å². The lowest BCUT2D eigenvalue weighted by molar-refractivity contribution is -0.125. The van der Waals surface area contributed by atoms with Gasteiger partial charge in [-0.05, 0) is 44.2 Å². The Morgan fingerprint density at radius 1 is 1.11 bits per heavy atom. The number of likely N-dealkylation sites (tertiary alicyclic amines) is 1. The highest BCUT2D eigenvalue weighted by molar-refractivity contribution is 5.80. The molecule has 2 fully saturated rings. The second-order valence-corrected chi connectivity index (χ2v) is 8.04. The van der Waals surface area contributed by atoms with Crippen molar-refractivity contribution in [2.45, 2.75) is 57.2 Å². The number of aromatic nitrogens is 2. The van der Waals surface area contributed by atoms with E-state index >= 15 is 0 Å². The molecule has 4 rings (SSSR count). The van der Waals surface area contributed by atoms with Crippen LogP contribution in [0.2, 0.25) is 0 Å². The Balaban J connectivity index is 1.31. The Morgan fingerprint density at radius 3 is 2.50 bits per heavy atom. The zero-order chi connectivity index (χ0) is 19.5. The van der Waals surface area contributed by atoms with Gasteiger partial charge in [0.1, 0.15) is 6.04 Å². The first-order valence-electron chi connectivity index (χ1n) is 10.3. The molecule has 1 amide bonds. The van der Waals surface area contributed by atoms with Crippen LogP contribution in [-0.4, -0.2) is 39.7 Å². The molecule has 6 heteroatoms. The third-order valence-corrected chi connectivity index (χ3v) is 5.77. The minimum absolute atomic E-state index is 0.121. The highest BCUT2D eigenvalue weighted by Crippen LogP contribution is 2.38. The molecule has 0 spiro atoms. The van der Waals surface area contributed by atoms with Crippen LogP contribution < -0.4 is 10.9 Å². The van der Waals surface area contributed by atoms with Crippen LogP contribution in [0.5, 0.6) is 0 Å². The molecule has 2 heterocycles. The van der Waals surface area contributed by atoms with Crippen LogP contribution in [0.25, 0.3) is 0 Å². The molecule has 1 N–H and O–H groups in total. The van der Waals surface area contributed by atoms with E-state index in [4.69, 9.17) is 0 Å². The van der Waals surface area contributed by atoms with Crippen molar-refractivity contribution < 1.29 is 4.79 Å². The Labute approximate surface area is 165 Å². The van der Waals surface area contributed by atoms with Gasteiger partial charge in [0, 0.05) is 37.7 Å². The SMILES string of the molecule is CC(C(=O)NC1CCN(Cc2ccccc2)CC1)n1nc(C2CC2)ccc1=O. The molecule has 6 nitrogen and oxygen atoms in total. The molecule has 2 aliphatic rings. The summed E-state index contributed by atoms with van der Waals surface area (Å²) in [5.41, 5.74) is 2.03. The number of hydrogen-bond donors (Lipinski definition) is 1.